The van der Waals surface area contributed by atoms with Crippen LogP contribution in [0, 0.1) is 0 Å². The molecule has 0 fully saturated rings. The summed E-state index contributed by atoms with van der Waals surface area (Å²) in [6.45, 7) is 2.65. The van der Waals surface area contributed by atoms with E-state index in [1.165, 1.54) is 4.88 Å². The van der Waals surface area contributed by atoms with E-state index in [1.54, 1.807) is 18.4 Å². The number of thiazole rings is 1. The van der Waals surface area contributed by atoms with Gasteiger partial charge in [-0.1, -0.05) is 23.5 Å². The maximum absolute atomic E-state index is 6.69. The van der Waals surface area contributed by atoms with Crippen LogP contribution in [-0.2, 0) is 18.4 Å². The number of ether oxygens (including phenoxy) is 2. The van der Waals surface area contributed by atoms with Gasteiger partial charge in [-0.05, 0) is 37.5 Å². The Labute approximate surface area is 128 Å². The van der Waals surface area contributed by atoms with E-state index in [1.807, 2.05) is 19.1 Å². The highest BCUT2D eigenvalue weighted by atomic mass is 32.1. The molecule has 1 aromatic carbocycles. The molecule has 5 heteroatoms. The van der Waals surface area contributed by atoms with Crippen molar-refractivity contribution in [1.29, 1.82) is 0 Å². The van der Waals surface area contributed by atoms with Gasteiger partial charge in [0.25, 0.3) is 5.19 Å². The summed E-state index contributed by atoms with van der Waals surface area (Å²) < 4.78 is 10.8. The minimum atomic E-state index is -0.350. The van der Waals surface area contributed by atoms with Gasteiger partial charge in [0.2, 0.25) is 0 Å². The van der Waals surface area contributed by atoms with Crippen LogP contribution in [0.1, 0.15) is 29.5 Å². The molecule has 1 aliphatic rings. The zero-order chi connectivity index (χ0) is 14.9. The Balaban J connectivity index is 1.89. The van der Waals surface area contributed by atoms with Gasteiger partial charge < -0.3 is 15.2 Å². The standard InChI is InChI=1S/C16H20N2O2S/c1-3-20-12-6-4-5-11(9-12)16(17)8-7-13-14(10-16)21-15(18-13)19-2/h4-6,9H,3,7-8,10,17H2,1-2H3. The number of hydrogen-bond acceptors (Lipinski definition) is 5. The number of nitrogens with two attached hydrogens (primary N) is 1. The van der Waals surface area contributed by atoms with Crippen LogP contribution in [-0.4, -0.2) is 18.7 Å². The molecule has 1 aliphatic carbocycles. The number of nitrogens with zero attached hydrogens (tertiary/aromatic N) is 1. The summed E-state index contributed by atoms with van der Waals surface area (Å²) in [5.41, 5.74) is 8.61. The van der Waals surface area contributed by atoms with Gasteiger partial charge in [0, 0.05) is 16.8 Å². The second kappa shape index (κ2) is 5.66. The number of aryl methyl sites for hydroxylation is 1. The first-order valence-electron chi connectivity index (χ1n) is 7.19. The second-order valence-corrected chi connectivity index (χ2v) is 6.39. The van der Waals surface area contributed by atoms with E-state index in [2.05, 4.69) is 17.1 Å². The molecule has 0 saturated carbocycles. The van der Waals surface area contributed by atoms with Gasteiger partial charge in [-0.25, -0.2) is 4.98 Å². The second-order valence-electron chi connectivity index (χ2n) is 5.35. The Kier molecular flexibility index (Phi) is 3.87. The summed E-state index contributed by atoms with van der Waals surface area (Å²) in [6.07, 6.45) is 2.59. The van der Waals surface area contributed by atoms with E-state index in [9.17, 15) is 0 Å². The van der Waals surface area contributed by atoms with Gasteiger partial charge in [-0.15, -0.1) is 0 Å². The number of benzene rings is 1. The van der Waals surface area contributed by atoms with E-state index in [0.29, 0.717) is 6.61 Å². The summed E-state index contributed by atoms with van der Waals surface area (Å²) >= 11 is 1.60. The molecule has 0 saturated heterocycles. The van der Waals surface area contributed by atoms with Crippen molar-refractivity contribution in [2.45, 2.75) is 31.7 Å². The molecule has 2 aromatic rings. The van der Waals surface area contributed by atoms with E-state index in [4.69, 9.17) is 15.2 Å². The Bertz CT molecular complexity index is 641. The quantitative estimate of drug-likeness (QED) is 0.943. The lowest BCUT2D eigenvalue weighted by molar-refractivity contribution is 0.335. The number of rotatable bonds is 4. The normalized spacial score (nSPS) is 20.9. The molecule has 0 spiro atoms. The summed E-state index contributed by atoms with van der Waals surface area (Å²) in [6, 6.07) is 8.14. The predicted octanol–water partition coefficient (Wildman–Crippen LogP) is 2.89. The zero-order valence-corrected chi connectivity index (χ0v) is 13.2. The maximum Gasteiger partial charge on any atom is 0.273 e. The molecule has 0 amide bonds. The summed E-state index contributed by atoms with van der Waals surface area (Å²) in [4.78, 5) is 5.73. The van der Waals surface area contributed by atoms with Crippen LogP contribution >= 0.6 is 11.3 Å². The largest absolute Gasteiger partial charge is 0.494 e. The van der Waals surface area contributed by atoms with Crippen LogP contribution in [0.3, 0.4) is 0 Å². The minimum absolute atomic E-state index is 0.350. The van der Waals surface area contributed by atoms with Crippen molar-refractivity contribution in [1.82, 2.24) is 4.98 Å². The van der Waals surface area contributed by atoms with Crippen molar-refractivity contribution in [3.63, 3.8) is 0 Å². The van der Waals surface area contributed by atoms with Gasteiger partial charge in [0.15, 0.2) is 0 Å². The first-order chi connectivity index (χ1) is 10.1. The molecule has 4 nitrogen and oxygen atoms in total. The fourth-order valence-electron chi connectivity index (χ4n) is 2.81. The average molecular weight is 304 g/mol. The Hall–Kier alpha value is -1.59. The Morgan fingerprint density at radius 2 is 2.29 bits per heavy atom. The summed E-state index contributed by atoms with van der Waals surface area (Å²) in [5.74, 6) is 0.882. The molecule has 21 heavy (non-hydrogen) atoms. The van der Waals surface area contributed by atoms with Crippen LogP contribution < -0.4 is 15.2 Å². The van der Waals surface area contributed by atoms with Crippen LogP contribution in [0.5, 0.6) is 10.9 Å². The van der Waals surface area contributed by atoms with Gasteiger partial charge in [0.1, 0.15) is 5.75 Å². The third kappa shape index (κ3) is 2.76. The van der Waals surface area contributed by atoms with E-state index < -0.39 is 0 Å². The lowest BCUT2D eigenvalue weighted by atomic mass is 9.78. The van der Waals surface area contributed by atoms with E-state index in [0.717, 1.165) is 41.5 Å². The highest BCUT2D eigenvalue weighted by Crippen LogP contribution is 2.39. The summed E-state index contributed by atoms with van der Waals surface area (Å²) in [7, 11) is 1.66. The zero-order valence-electron chi connectivity index (χ0n) is 12.4. The summed E-state index contributed by atoms with van der Waals surface area (Å²) in [5, 5.41) is 0.729. The van der Waals surface area contributed by atoms with Crippen molar-refractivity contribution < 1.29 is 9.47 Å². The highest BCUT2D eigenvalue weighted by molar-refractivity contribution is 7.13. The molecule has 0 radical (unpaired) electrons. The van der Waals surface area contributed by atoms with Crippen LogP contribution in [0.15, 0.2) is 24.3 Å². The smallest absolute Gasteiger partial charge is 0.273 e. The molecule has 1 unspecified atom stereocenters. The average Bonchev–Trinajstić information content (AvgIpc) is 2.90. The number of fused-ring (bicyclic) bond motifs is 1. The van der Waals surface area contributed by atoms with Gasteiger partial charge >= 0.3 is 0 Å². The van der Waals surface area contributed by atoms with Gasteiger partial charge in [-0.2, -0.15) is 0 Å². The topological polar surface area (TPSA) is 57.4 Å². The first kappa shape index (κ1) is 14.4. The third-order valence-electron chi connectivity index (χ3n) is 3.94. The molecule has 0 bridgehead atoms. The molecule has 0 aliphatic heterocycles. The fraction of sp³-hybridized carbons (Fsp3) is 0.438. The molecular formula is C16H20N2O2S. The third-order valence-corrected chi connectivity index (χ3v) is 5.00. The predicted molar refractivity (Wildman–Crippen MR) is 84.2 cm³/mol. The number of methoxy groups -OCH3 is 1. The molecule has 2 N–H and O–H groups in total. The lowest BCUT2D eigenvalue weighted by Gasteiger charge is -2.33. The molecule has 1 heterocycles. The SMILES string of the molecule is CCOc1cccc(C2(N)CCc3nc(OC)sc3C2)c1. The highest BCUT2D eigenvalue weighted by Gasteiger charge is 2.34. The van der Waals surface area contributed by atoms with Gasteiger partial charge in [0.05, 0.1) is 19.4 Å². The first-order valence-corrected chi connectivity index (χ1v) is 8.01. The van der Waals surface area contributed by atoms with Crippen molar-refractivity contribution in [3.05, 3.63) is 40.4 Å². The van der Waals surface area contributed by atoms with Crippen LogP contribution in [0.2, 0.25) is 0 Å². The van der Waals surface area contributed by atoms with Crippen molar-refractivity contribution in [2.24, 2.45) is 5.73 Å². The van der Waals surface area contributed by atoms with Crippen LogP contribution in [0.25, 0.3) is 0 Å². The molecule has 1 atom stereocenters. The van der Waals surface area contributed by atoms with Crippen molar-refractivity contribution in [2.75, 3.05) is 13.7 Å². The van der Waals surface area contributed by atoms with Crippen molar-refractivity contribution in [3.8, 4) is 10.9 Å². The fourth-order valence-corrected chi connectivity index (χ4v) is 3.85. The van der Waals surface area contributed by atoms with Crippen molar-refractivity contribution >= 4 is 11.3 Å². The monoisotopic (exact) mass is 304 g/mol. The number of hydrogen-bond donors (Lipinski definition) is 1. The molecule has 1 aromatic heterocycles. The molecule has 3 rings (SSSR count). The lowest BCUT2D eigenvalue weighted by Crippen LogP contribution is -2.41. The maximum atomic E-state index is 6.69. The minimum Gasteiger partial charge on any atom is -0.494 e. The Morgan fingerprint density at radius 1 is 1.43 bits per heavy atom. The molecule has 112 valence electrons. The van der Waals surface area contributed by atoms with E-state index in [-0.39, 0.29) is 5.54 Å². The van der Waals surface area contributed by atoms with Crippen LogP contribution in [0.4, 0.5) is 0 Å². The Morgan fingerprint density at radius 3 is 3.05 bits per heavy atom. The van der Waals surface area contributed by atoms with E-state index >= 15 is 0 Å². The van der Waals surface area contributed by atoms with Gasteiger partial charge in [-0.3, -0.25) is 0 Å². The number of aromatic nitrogens is 1. The molecular weight excluding hydrogens is 284 g/mol.